The van der Waals surface area contributed by atoms with Crippen LogP contribution in [0.5, 0.6) is 0 Å². The van der Waals surface area contributed by atoms with E-state index >= 15 is 0 Å². The van der Waals surface area contributed by atoms with Crippen molar-refractivity contribution >= 4 is 0 Å². The van der Waals surface area contributed by atoms with Crippen LogP contribution in [-0.4, -0.2) is 11.5 Å². The van der Waals surface area contributed by atoms with Crippen LogP contribution in [0, 0.1) is 0 Å². The van der Waals surface area contributed by atoms with Gasteiger partial charge in [0, 0.05) is 12.4 Å². The van der Waals surface area contributed by atoms with Gasteiger partial charge in [0.1, 0.15) is 0 Å². The number of nitrogens with one attached hydrogen (secondary N) is 1. The van der Waals surface area contributed by atoms with Crippen LogP contribution >= 0.6 is 0 Å². The maximum absolute atomic E-state index is 4.11. The molecule has 2 aromatic rings. The molecule has 1 aromatic heterocycles. The Morgan fingerprint density at radius 1 is 1.05 bits per heavy atom. The zero-order valence-electron chi connectivity index (χ0n) is 11.8. The van der Waals surface area contributed by atoms with Crippen LogP contribution < -0.4 is 5.32 Å². The predicted molar refractivity (Wildman–Crippen MR) is 80.2 cm³/mol. The number of aromatic nitrogens is 1. The van der Waals surface area contributed by atoms with Gasteiger partial charge in [-0.15, -0.1) is 0 Å². The summed E-state index contributed by atoms with van der Waals surface area (Å²) in [5.41, 5.74) is 3.99. The van der Waals surface area contributed by atoms with Crippen molar-refractivity contribution in [3.05, 3.63) is 65.5 Å². The van der Waals surface area contributed by atoms with Crippen LogP contribution in [0.15, 0.2) is 48.8 Å². The molecule has 100 valence electrons. The highest BCUT2D eigenvalue weighted by Gasteiger charge is 2.13. The fourth-order valence-electron chi connectivity index (χ4n) is 2.27. The summed E-state index contributed by atoms with van der Waals surface area (Å²) in [4.78, 5) is 4.11. The zero-order valence-corrected chi connectivity index (χ0v) is 11.8. The first-order valence-corrected chi connectivity index (χ1v) is 7.07. The fourth-order valence-corrected chi connectivity index (χ4v) is 2.27. The van der Waals surface area contributed by atoms with E-state index in [4.69, 9.17) is 0 Å². The maximum atomic E-state index is 4.11. The Morgan fingerprint density at radius 2 is 1.84 bits per heavy atom. The zero-order chi connectivity index (χ0) is 13.5. The highest BCUT2D eigenvalue weighted by atomic mass is 14.9. The molecule has 0 fully saturated rings. The molecule has 1 unspecified atom stereocenters. The van der Waals surface area contributed by atoms with E-state index in [0.29, 0.717) is 0 Å². The quantitative estimate of drug-likeness (QED) is 0.849. The van der Waals surface area contributed by atoms with Crippen molar-refractivity contribution in [3.63, 3.8) is 0 Å². The lowest BCUT2D eigenvalue weighted by Gasteiger charge is -2.20. The van der Waals surface area contributed by atoms with Gasteiger partial charge in [-0.05, 0) is 48.2 Å². The molecule has 0 radical (unpaired) electrons. The van der Waals surface area contributed by atoms with Gasteiger partial charge in [0.05, 0.1) is 6.04 Å². The van der Waals surface area contributed by atoms with E-state index < -0.39 is 0 Å². The van der Waals surface area contributed by atoms with Gasteiger partial charge in [0.2, 0.25) is 0 Å². The van der Waals surface area contributed by atoms with Crippen LogP contribution in [0.3, 0.4) is 0 Å². The molecular formula is C17H22N2. The first-order chi connectivity index (χ1) is 9.35. The van der Waals surface area contributed by atoms with Gasteiger partial charge in [-0.3, -0.25) is 4.98 Å². The van der Waals surface area contributed by atoms with Crippen LogP contribution in [0.25, 0.3) is 0 Å². The highest BCUT2D eigenvalue weighted by molar-refractivity contribution is 5.33. The Hall–Kier alpha value is -1.67. The van der Waals surface area contributed by atoms with E-state index in [0.717, 1.165) is 19.4 Å². The van der Waals surface area contributed by atoms with Gasteiger partial charge in [-0.1, -0.05) is 38.1 Å². The lowest BCUT2D eigenvalue weighted by Crippen LogP contribution is -2.23. The molecule has 0 aliphatic rings. The first-order valence-electron chi connectivity index (χ1n) is 7.07. The number of rotatable bonds is 6. The van der Waals surface area contributed by atoms with Crippen LogP contribution in [0.1, 0.15) is 43.0 Å². The van der Waals surface area contributed by atoms with Gasteiger partial charge in [0.25, 0.3) is 0 Å². The number of pyridine rings is 1. The average molecular weight is 254 g/mol. The standard InChI is InChI=1S/C17H22N2/c1-3-10-19-17(15-8-11-18-12-9-15)16-7-5-6-14(4-2)13-16/h5-9,11-13,17,19H,3-4,10H2,1-2H3. The van der Waals surface area contributed by atoms with Crippen LogP contribution in [0.2, 0.25) is 0 Å². The molecule has 1 N–H and O–H groups in total. The molecule has 2 heteroatoms. The van der Waals surface area contributed by atoms with E-state index in [1.165, 1.54) is 16.7 Å². The Morgan fingerprint density at radius 3 is 2.53 bits per heavy atom. The second kappa shape index (κ2) is 7.05. The second-order valence-electron chi connectivity index (χ2n) is 4.77. The number of aryl methyl sites for hydroxylation is 1. The van der Waals surface area contributed by atoms with Crippen molar-refractivity contribution in [1.82, 2.24) is 10.3 Å². The Balaban J connectivity index is 2.31. The van der Waals surface area contributed by atoms with Crippen molar-refractivity contribution < 1.29 is 0 Å². The van der Waals surface area contributed by atoms with E-state index in [1.807, 2.05) is 12.4 Å². The maximum Gasteiger partial charge on any atom is 0.0577 e. The summed E-state index contributed by atoms with van der Waals surface area (Å²) in [6, 6.07) is 13.3. The molecule has 1 heterocycles. The van der Waals surface area contributed by atoms with Crippen molar-refractivity contribution in [2.24, 2.45) is 0 Å². The van der Waals surface area contributed by atoms with Gasteiger partial charge >= 0.3 is 0 Å². The summed E-state index contributed by atoms with van der Waals surface area (Å²) < 4.78 is 0. The normalized spacial score (nSPS) is 12.3. The topological polar surface area (TPSA) is 24.9 Å². The van der Waals surface area contributed by atoms with Gasteiger partial charge in [-0.25, -0.2) is 0 Å². The molecule has 0 saturated heterocycles. The monoisotopic (exact) mass is 254 g/mol. The van der Waals surface area contributed by atoms with Crippen molar-refractivity contribution in [3.8, 4) is 0 Å². The molecule has 2 rings (SSSR count). The molecule has 1 atom stereocenters. The molecule has 0 amide bonds. The molecule has 0 saturated carbocycles. The highest BCUT2D eigenvalue weighted by Crippen LogP contribution is 2.22. The lowest BCUT2D eigenvalue weighted by molar-refractivity contribution is 0.597. The lowest BCUT2D eigenvalue weighted by atomic mass is 9.97. The summed E-state index contributed by atoms with van der Waals surface area (Å²) in [5.74, 6) is 0. The summed E-state index contributed by atoms with van der Waals surface area (Å²) in [6.07, 6.45) is 5.93. The summed E-state index contributed by atoms with van der Waals surface area (Å²) in [7, 11) is 0. The summed E-state index contributed by atoms with van der Waals surface area (Å²) in [5, 5.41) is 3.63. The van der Waals surface area contributed by atoms with E-state index in [1.54, 1.807) is 0 Å². The molecule has 0 aliphatic heterocycles. The van der Waals surface area contributed by atoms with Crippen molar-refractivity contribution in [2.75, 3.05) is 6.54 Å². The number of hydrogen-bond acceptors (Lipinski definition) is 2. The summed E-state index contributed by atoms with van der Waals surface area (Å²) in [6.45, 7) is 5.41. The minimum absolute atomic E-state index is 0.259. The van der Waals surface area contributed by atoms with E-state index in [9.17, 15) is 0 Å². The third kappa shape index (κ3) is 3.65. The molecular weight excluding hydrogens is 232 g/mol. The molecule has 19 heavy (non-hydrogen) atoms. The second-order valence-corrected chi connectivity index (χ2v) is 4.77. The Bertz CT molecular complexity index is 494. The summed E-state index contributed by atoms with van der Waals surface area (Å²) >= 11 is 0. The van der Waals surface area contributed by atoms with Crippen molar-refractivity contribution in [1.29, 1.82) is 0 Å². The smallest absolute Gasteiger partial charge is 0.0577 e. The minimum Gasteiger partial charge on any atom is -0.306 e. The average Bonchev–Trinajstić information content (AvgIpc) is 2.49. The van der Waals surface area contributed by atoms with E-state index in [2.05, 4.69) is 60.5 Å². The molecule has 1 aromatic carbocycles. The van der Waals surface area contributed by atoms with Crippen LogP contribution in [-0.2, 0) is 6.42 Å². The van der Waals surface area contributed by atoms with Gasteiger partial charge in [0.15, 0.2) is 0 Å². The van der Waals surface area contributed by atoms with E-state index in [-0.39, 0.29) is 6.04 Å². The number of benzene rings is 1. The fraction of sp³-hybridized carbons (Fsp3) is 0.353. The molecule has 0 spiro atoms. The SMILES string of the molecule is CCCNC(c1ccncc1)c1cccc(CC)c1. The van der Waals surface area contributed by atoms with Crippen LogP contribution in [0.4, 0.5) is 0 Å². The third-order valence-corrected chi connectivity index (χ3v) is 3.33. The molecule has 0 aliphatic carbocycles. The third-order valence-electron chi connectivity index (χ3n) is 3.33. The Labute approximate surface area is 115 Å². The van der Waals surface area contributed by atoms with Gasteiger partial charge in [-0.2, -0.15) is 0 Å². The molecule has 2 nitrogen and oxygen atoms in total. The van der Waals surface area contributed by atoms with Crippen molar-refractivity contribution in [2.45, 2.75) is 32.7 Å². The number of hydrogen-bond donors (Lipinski definition) is 1. The largest absolute Gasteiger partial charge is 0.306 e. The minimum atomic E-state index is 0.259. The Kier molecular flexibility index (Phi) is 5.10. The predicted octanol–water partition coefficient (Wildman–Crippen LogP) is 3.73. The first kappa shape index (κ1) is 13.8. The van der Waals surface area contributed by atoms with Gasteiger partial charge < -0.3 is 5.32 Å². The molecule has 0 bridgehead atoms. The number of nitrogens with zero attached hydrogens (tertiary/aromatic N) is 1.